The van der Waals surface area contributed by atoms with E-state index in [0.29, 0.717) is 5.75 Å². The van der Waals surface area contributed by atoms with Crippen LogP contribution in [-0.2, 0) is 10.0 Å². The lowest BCUT2D eigenvalue weighted by Gasteiger charge is -2.09. The van der Waals surface area contributed by atoms with Crippen molar-refractivity contribution in [3.63, 3.8) is 0 Å². The number of nitro benzene ring substituents is 1. The van der Waals surface area contributed by atoms with Crippen LogP contribution < -0.4 is 14.6 Å². The maximum absolute atomic E-state index is 10.7. The van der Waals surface area contributed by atoms with E-state index >= 15 is 0 Å². The second-order valence-electron chi connectivity index (χ2n) is 3.66. The summed E-state index contributed by atoms with van der Waals surface area (Å²) in [6.45, 7) is 0.116. The molecular formula is C10H14N2O6S. The third-order valence-electron chi connectivity index (χ3n) is 2.19. The van der Waals surface area contributed by atoms with Gasteiger partial charge in [-0.25, -0.2) is 13.6 Å². The van der Waals surface area contributed by atoms with E-state index < -0.39 is 14.9 Å². The van der Waals surface area contributed by atoms with Gasteiger partial charge in [0, 0.05) is 6.07 Å². The largest absolute Gasteiger partial charge is 0.493 e. The van der Waals surface area contributed by atoms with Gasteiger partial charge in [0.1, 0.15) is 0 Å². The maximum atomic E-state index is 10.7. The van der Waals surface area contributed by atoms with Crippen molar-refractivity contribution in [1.82, 2.24) is 0 Å². The average Bonchev–Trinajstić information content (AvgIpc) is 2.33. The summed E-state index contributed by atoms with van der Waals surface area (Å²) in [5.41, 5.74) is -0.117. The molecule has 0 aliphatic carbocycles. The molecule has 1 rings (SSSR count). The van der Waals surface area contributed by atoms with Crippen LogP contribution in [0.2, 0.25) is 0 Å². The van der Waals surface area contributed by atoms with Gasteiger partial charge >= 0.3 is 0 Å². The number of rotatable bonds is 7. The molecule has 0 heterocycles. The number of non-ortho nitro benzene ring substituents is 1. The Kier molecular flexibility index (Phi) is 5.07. The third-order valence-corrected chi connectivity index (χ3v) is 3.05. The molecule has 0 radical (unpaired) electrons. The minimum Gasteiger partial charge on any atom is -0.493 e. The van der Waals surface area contributed by atoms with Crippen LogP contribution in [0.15, 0.2) is 18.2 Å². The highest BCUT2D eigenvalue weighted by atomic mass is 32.2. The molecule has 0 aliphatic heterocycles. The normalized spacial score (nSPS) is 11.1. The highest BCUT2D eigenvalue weighted by Crippen LogP contribution is 2.31. The molecule has 1 aromatic rings. The van der Waals surface area contributed by atoms with Gasteiger partial charge in [-0.3, -0.25) is 10.1 Å². The summed E-state index contributed by atoms with van der Waals surface area (Å²) in [4.78, 5) is 10.0. The standard InChI is InChI=1S/C10H14N2O6S/c1-17-10-7-8(12(13)14)3-4-9(10)18-5-2-6-19(11,15)16/h3-4,7H,2,5-6H2,1H3,(H2,11,15,16). The van der Waals surface area contributed by atoms with Crippen molar-refractivity contribution < 1.29 is 22.8 Å². The first-order valence-corrected chi connectivity index (χ1v) is 7.01. The topological polar surface area (TPSA) is 122 Å². The molecule has 0 saturated carbocycles. The summed E-state index contributed by atoms with van der Waals surface area (Å²) in [5.74, 6) is 0.329. The first-order chi connectivity index (χ1) is 8.83. The molecule has 0 spiro atoms. The van der Waals surface area contributed by atoms with Crippen molar-refractivity contribution in [1.29, 1.82) is 0 Å². The fourth-order valence-corrected chi connectivity index (χ4v) is 1.85. The van der Waals surface area contributed by atoms with Crippen LogP contribution in [0.3, 0.4) is 0 Å². The zero-order valence-corrected chi connectivity index (χ0v) is 11.1. The molecule has 0 saturated heterocycles. The number of methoxy groups -OCH3 is 1. The van der Waals surface area contributed by atoms with E-state index in [0.717, 1.165) is 0 Å². The lowest BCUT2D eigenvalue weighted by atomic mass is 10.3. The molecule has 106 valence electrons. The maximum Gasteiger partial charge on any atom is 0.273 e. The van der Waals surface area contributed by atoms with Gasteiger partial charge in [-0.15, -0.1) is 0 Å². The summed E-state index contributed by atoms with van der Waals surface area (Å²) in [7, 11) is -2.16. The SMILES string of the molecule is COc1cc([N+](=O)[O-])ccc1OCCCS(N)(=O)=O. The van der Waals surface area contributed by atoms with Gasteiger partial charge in [-0.1, -0.05) is 0 Å². The first kappa shape index (κ1) is 15.2. The van der Waals surface area contributed by atoms with Crippen molar-refractivity contribution in [2.24, 2.45) is 5.14 Å². The molecule has 9 heteroatoms. The zero-order valence-electron chi connectivity index (χ0n) is 10.2. The van der Waals surface area contributed by atoms with E-state index in [1.165, 1.54) is 25.3 Å². The van der Waals surface area contributed by atoms with Crippen LogP contribution in [0.4, 0.5) is 5.69 Å². The minimum atomic E-state index is -3.51. The summed E-state index contributed by atoms with van der Waals surface area (Å²) in [6.07, 6.45) is 0.221. The number of nitro groups is 1. The molecule has 0 atom stereocenters. The molecule has 2 N–H and O–H groups in total. The molecule has 0 fully saturated rings. The monoisotopic (exact) mass is 290 g/mol. The van der Waals surface area contributed by atoms with E-state index in [4.69, 9.17) is 14.6 Å². The van der Waals surface area contributed by atoms with Gasteiger partial charge in [0.2, 0.25) is 10.0 Å². The Balaban J connectivity index is 2.66. The Hall–Kier alpha value is -1.87. The number of nitrogens with zero attached hydrogens (tertiary/aromatic N) is 1. The van der Waals surface area contributed by atoms with Crippen molar-refractivity contribution in [2.45, 2.75) is 6.42 Å². The lowest BCUT2D eigenvalue weighted by Crippen LogP contribution is -2.18. The van der Waals surface area contributed by atoms with Crippen LogP contribution in [0.5, 0.6) is 11.5 Å². The fraction of sp³-hybridized carbons (Fsp3) is 0.400. The third kappa shape index (κ3) is 5.10. The van der Waals surface area contributed by atoms with Gasteiger partial charge in [0.25, 0.3) is 5.69 Å². The number of nitrogens with two attached hydrogens (primary N) is 1. The quantitative estimate of drug-likeness (QED) is 0.447. The van der Waals surface area contributed by atoms with E-state index in [-0.39, 0.29) is 30.2 Å². The van der Waals surface area contributed by atoms with Gasteiger partial charge in [-0.2, -0.15) is 0 Å². The van der Waals surface area contributed by atoms with Crippen molar-refractivity contribution in [2.75, 3.05) is 19.5 Å². The molecular weight excluding hydrogens is 276 g/mol. The van der Waals surface area contributed by atoms with Crippen LogP contribution >= 0.6 is 0 Å². The molecule has 0 amide bonds. The Morgan fingerprint density at radius 3 is 2.58 bits per heavy atom. The summed E-state index contributed by atoms with van der Waals surface area (Å²) in [5, 5.41) is 15.4. The van der Waals surface area contributed by atoms with Gasteiger partial charge in [-0.05, 0) is 12.5 Å². The van der Waals surface area contributed by atoms with Gasteiger partial charge in [0.05, 0.1) is 30.5 Å². The Morgan fingerprint density at radius 2 is 2.05 bits per heavy atom. The van der Waals surface area contributed by atoms with Crippen molar-refractivity contribution in [3.8, 4) is 11.5 Å². The zero-order chi connectivity index (χ0) is 14.5. The van der Waals surface area contributed by atoms with Gasteiger partial charge < -0.3 is 9.47 Å². The summed E-state index contributed by atoms with van der Waals surface area (Å²) in [6, 6.07) is 3.90. The second-order valence-corrected chi connectivity index (χ2v) is 5.40. The summed E-state index contributed by atoms with van der Waals surface area (Å²) < 4.78 is 31.7. The average molecular weight is 290 g/mol. The lowest BCUT2D eigenvalue weighted by molar-refractivity contribution is -0.384. The molecule has 0 unspecified atom stereocenters. The predicted molar refractivity (Wildman–Crippen MR) is 67.7 cm³/mol. The van der Waals surface area contributed by atoms with Crippen molar-refractivity contribution >= 4 is 15.7 Å². The number of hydrogen-bond donors (Lipinski definition) is 1. The Bertz CT molecular complexity index is 557. The molecule has 19 heavy (non-hydrogen) atoms. The van der Waals surface area contributed by atoms with E-state index in [2.05, 4.69) is 0 Å². The highest BCUT2D eigenvalue weighted by Gasteiger charge is 2.12. The first-order valence-electron chi connectivity index (χ1n) is 5.29. The fourth-order valence-electron chi connectivity index (χ4n) is 1.33. The second kappa shape index (κ2) is 6.34. The van der Waals surface area contributed by atoms with Crippen LogP contribution in [0.25, 0.3) is 0 Å². The van der Waals surface area contributed by atoms with Crippen LogP contribution in [0.1, 0.15) is 6.42 Å². The molecule has 0 aromatic heterocycles. The van der Waals surface area contributed by atoms with E-state index in [1.54, 1.807) is 0 Å². The number of hydrogen-bond acceptors (Lipinski definition) is 6. The number of primary sulfonamides is 1. The smallest absolute Gasteiger partial charge is 0.273 e. The minimum absolute atomic E-state index is 0.116. The number of ether oxygens (including phenoxy) is 2. The van der Waals surface area contributed by atoms with Crippen molar-refractivity contribution in [3.05, 3.63) is 28.3 Å². The molecule has 0 aliphatic rings. The summed E-state index contributed by atoms with van der Waals surface area (Å²) >= 11 is 0. The molecule has 1 aromatic carbocycles. The van der Waals surface area contributed by atoms with E-state index in [1.807, 2.05) is 0 Å². The van der Waals surface area contributed by atoms with E-state index in [9.17, 15) is 18.5 Å². The van der Waals surface area contributed by atoms with Crippen LogP contribution in [0, 0.1) is 10.1 Å². The Labute approximate surface area is 110 Å². The molecule has 8 nitrogen and oxygen atoms in total. The van der Waals surface area contributed by atoms with Crippen LogP contribution in [-0.4, -0.2) is 32.8 Å². The highest BCUT2D eigenvalue weighted by molar-refractivity contribution is 7.89. The Morgan fingerprint density at radius 1 is 1.37 bits per heavy atom. The predicted octanol–water partition coefficient (Wildman–Crippen LogP) is 0.661. The number of benzene rings is 1. The number of sulfonamides is 1. The van der Waals surface area contributed by atoms with Gasteiger partial charge in [0.15, 0.2) is 11.5 Å². The molecule has 0 bridgehead atoms.